The van der Waals surface area contributed by atoms with Gasteiger partial charge in [0.05, 0.1) is 25.6 Å². The first-order valence-corrected chi connectivity index (χ1v) is 9.59. The van der Waals surface area contributed by atoms with Crippen LogP contribution in [0, 0.1) is 5.92 Å². The van der Waals surface area contributed by atoms with E-state index in [1.54, 1.807) is 26.0 Å². The van der Waals surface area contributed by atoms with E-state index in [4.69, 9.17) is 15.2 Å². The molecule has 5 N–H and O–H groups in total. The quantitative estimate of drug-likeness (QED) is 0.350. The van der Waals surface area contributed by atoms with Crippen LogP contribution in [-0.2, 0) is 30.5 Å². The number of amides is 3. The number of primary amides is 1. The summed E-state index contributed by atoms with van der Waals surface area (Å²) in [5.74, 6) is -2.56. The van der Waals surface area contributed by atoms with Crippen LogP contribution in [0.4, 0.5) is 4.79 Å². The number of benzene rings is 1. The molecular weight excluding hydrogens is 394 g/mol. The second kappa shape index (κ2) is 13.2. The number of hydrogen-bond acceptors (Lipinski definition) is 7. The lowest BCUT2D eigenvalue weighted by atomic mass is 9.97. The van der Waals surface area contributed by atoms with Gasteiger partial charge in [-0.1, -0.05) is 37.3 Å². The molecule has 0 radical (unpaired) electrons. The molecule has 1 aromatic carbocycles. The lowest BCUT2D eigenvalue weighted by molar-refractivity contribution is -0.145. The molecule has 10 heteroatoms. The molecule has 0 aliphatic carbocycles. The smallest absolute Gasteiger partial charge is 0.407 e. The Bertz CT molecular complexity index is 712. The van der Waals surface area contributed by atoms with Crippen LogP contribution in [0.25, 0.3) is 0 Å². The fourth-order valence-corrected chi connectivity index (χ4v) is 2.59. The third-order valence-electron chi connectivity index (χ3n) is 4.10. The van der Waals surface area contributed by atoms with Gasteiger partial charge in [-0.3, -0.25) is 14.4 Å². The summed E-state index contributed by atoms with van der Waals surface area (Å²) in [5, 5.41) is 14.7. The van der Waals surface area contributed by atoms with Crippen molar-refractivity contribution in [2.45, 2.75) is 45.4 Å². The summed E-state index contributed by atoms with van der Waals surface area (Å²) in [6, 6.07) is 7.95. The Kier molecular flexibility index (Phi) is 10.9. The largest absolute Gasteiger partial charge is 0.466 e. The Morgan fingerprint density at radius 1 is 1.10 bits per heavy atom. The number of aliphatic hydroxyl groups is 1. The number of nitrogens with two attached hydrogens (primary N) is 1. The third kappa shape index (κ3) is 9.87. The van der Waals surface area contributed by atoms with Crippen molar-refractivity contribution in [1.29, 1.82) is 0 Å². The molecule has 166 valence electrons. The number of aliphatic hydroxyl groups excluding tert-OH is 1. The number of esters is 1. The molecule has 3 amide bonds. The van der Waals surface area contributed by atoms with E-state index in [0.29, 0.717) is 0 Å². The number of alkyl carbamates (subject to hydrolysis) is 1. The molecule has 0 bridgehead atoms. The van der Waals surface area contributed by atoms with Crippen molar-refractivity contribution in [1.82, 2.24) is 10.6 Å². The summed E-state index contributed by atoms with van der Waals surface area (Å²) in [6.45, 7) is 3.28. The maximum atomic E-state index is 12.1. The van der Waals surface area contributed by atoms with Crippen molar-refractivity contribution in [3.63, 3.8) is 0 Å². The van der Waals surface area contributed by atoms with Crippen molar-refractivity contribution < 1.29 is 33.8 Å². The van der Waals surface area contributed by atoms with E-state index in [0.717, 1.165) is 5.56 Å². The molecule has 30 heavy (non-hydrogen) atoms. The predicted molar refractivity (Wildman–Crippen MR) is 107 cm³/mol. The molecule has 1 rings (SSSR count). The Labute approximate surface area is 175 Å². The molecule has 3 atom stereocenters. The highest BCUT2D eigenvalue weighted by Gasteiger charge is 2.27. The fourth-order valence-electron chi connectivity index (χ4n) is 2.59. The van der Waals surface area contributed by atoms with Crippen molar-refractivity contribution in [2.75, 3.05) is 13.2 Å². The number of rotatable bonds is 12. The highest BCUT2D eigenvalue weighted by Crippen LogP contribution is 2.10. The normalized spacial score (nSPS) is 13.4. The summed E-state index contributed by atoms with van der Waals surface area (Å²) in [6.07, 6.45) is -2.42. The Morgan fingerprint density at radius 3 is 2.37 bits per heavy atom. The van der Waals surface area contributed by atoms with Gasteiger partial charge in [0.2, 0.25) is 11.8 Å². The van der Waals surface area contributed by atoms with Crippen LogP contribution in [0.2, 0.25) is 0 Å². The molecule has 1 aromatic rings. The van der Waals surface area contributed by atoms with Gasteiger partial charge in [0.1, 0.15) is 12.6 Å². The fraction of sp³-hybridized carbons (Fsp3) is 0.500. The minimum Gasteiger partial charge on any atom is -0.466 e. The van der Waals surface area contributed by atoms with Crippen molar-refractivity contribution in [3.05, 3.63) is 35.9 Å². The van der Waals surface area contributed by atoms with Gasteiger partial charge in [-0.2, -0.15) is 0 Å². The molecule has 0 saturated carbocycles. The maximum absolute atomic E-state index is 12.1. The molecule has 0 spiro atoms. The Hall–Kier alpha value is -3.14. The highest BCUT2D eigenvalue weighted by atomic mass is 16.5. The molecule has 0 heterocycles. The zero-order chi connectivity index (χ0) is 22.5. The van der Waals surface area contributed by atoms with Crippen LogP contribution in [0.15, 0.2) is 30.3 Å². The molecule has 10 nitrogen and oxygen atoms in total. The second-order valence-electron chi connectivity index (χ2n) is 6.73. The summed E-state index contributed by atoms with van der Waals surface area (Å²) in [7, 11) is 0. The zero-order valence-corrected chi connectivity index (χ0v) is 17.1. The van der Waals surface area contributed by atoms with Crippen molar-refractivity contribution in [3.8, 4) is 0 Å². The minimum atomic E-state index is -1.21. The van der Waals surface area contributed by atoms with E-state index in [9.17, 15) is 24.3 Å². The van der Waals surface area contributed by atoms with E-state index in [1.807, 2.05) is 18.2 Å². The van der Waals surface area contributed by atoms with Crippen LogP contribution >= 0.6 is 0 Å². The maximum Gasteiger partial charge on any atom is 0.407 e. The average molecular weight is 423 g/mol. The van der Waals surface area contributed by atoms with Gasteiger partial charge in [0.25, 0.3) is 0 Å². The number of ether oxygens (including phenoxy) is 2. The molecule has 0 unspecified atom stereocenters. The van der Waals surface area contributed by atoms with Crippen LogP contribution in [-0.4, -0.2) is 54.3 Å². The molecule has 0 aliphatic heterocycles. The summed E-state index contributed by atoms with van der Waals surface area (Å²) >= 11 is 0. The third-order valence-corrected chi connectivity index (χ3v) is 4.10. The first kappa shape index (κ1) is 24.9. The number of carbonyl (C=O) groups excluding carboxylic acids is 4. The van der Waals surface area contributed by atoms with Crippen LogP contribution < -0.4 is 16.4 Å². The van der Waals surface area contributed by atoms with Gasteiger partial charge in [-0.25, -0.2) is 4.79 Å². The van der Waals surface area contributed by atoms with E-state index in [2.05, 4.69) is 10.6 Å². The predicted octanol–water partition coefficient (Wildman–Crippen LogP) is 0.223. The molecule has 0 fully saturated rings. The molecule has 0 saturated heterocycles. The van der Waals surface area contributed by atoms with Gasteiger partial charge >= 0.3 is 12.1 Å². The average Bonchev–Trinajstić information content (AvgIpc) is 2.69. The van der Waals surface area contributed by atoms with E-state index in [1.165, 1.54) is 0 Å². The summed E-state index contributed by atoms with van der Waals surface area (Å²) < 4.78 is 9.82. The first-order chi connectivity index (χ1) is 14.2. The summed E-state index contributed by atoms with van der Waals surface area (Å²) in [4.78, 5) is 47.0. The van der Waals surface area contributed by atoms with Gasteiger partial charge < -0.3 is 30.9 Å². The summed E-state index contributed by atoms with van der Waals surface area (Å²) in [5.41, 5.74) is 6.11. The van der Waals surface area contributed by atoms with E-state index < -0.39 is 41.9 Å². The monoisotopic (exact) mass is 423 g/mol. The Balaban J connectivity index is 2.39. The van der Waals surface area contributed by atoms with Gasteiger partial charge in [0, 0.05) is 6.54 Å². The molecular formula is C20H29N3O7. The molecule has 0 aromatic heterocycles. The Morgan fingerprint density at radius 2 is 1.77 bits per heavy atom. The number of nitrogens with one attached hydrogen (secondary N) is 2. The highest BCUT2D eigenvalue weighted by molar-refractivity contribution is 5.87. The second-order valence-corrected chi connectivity index (χ2v) is 6.73. The lowest BCUT2D eigenvalue weighted by Crippen LogP contribution is -2.50. The van der Waals surface area contributed by atoms with Crippen LogP contribution in [0.5, 0.6) is 0 Å². The topological polar surface area (TPSA) is 157 Å². The van der Waals surface area contributed by atoms with Gasteiger partial charge in [0.15, 0.2) is 0 Å². The minimum absolute atomic E-state index is 0.0713. The van der Waals surface area contributed by atoms with E-state index >= 15 is 0 Å². The standard InChI is InChI=1S/C20H29N3O7/c1-3-29-17(26)9-13(2)18(19(21)27)23-16(25)10-15(24)11-22-20(28)30-12-14-7-5-4-6-8-14/h4-8,13,15,18,24H,3,9-12H2,1-2H3,(H2,21,27)(H,22,28)(H,23,25)/t13-,15-,18+/m1/s1. The van der Waals surface area contributed by atoms with Crippen LogP contribution in [0.3, 0.4) is 0 Å². The SMILES string of the molecule is CCOC(=O)C[C@@H](C)[C@H](NC(=O)C[C@@H](O)CNC(=O)OCc1ccccc1)C(N)=O. The zero-order valence-electron chi connectivity index (χ0n) is 17.1. The number of hydrogen-bond donors (Lipinski definition) is 4. The van der Waals surface area contributed by atoms with E-state index in [-0.39, 0.29) is 32.6 Å². The first-order valence-electron chi connectivity index (χ1n) is 9.59. The van der Waals surface area contributed by atoms with Gasteiger partial charge in [-0.15, -0.1) is 0 Å². The van der Waals surface area contributed by atoms with Crippen molar-refractivity contribution >= 4 is 23.9 Å². The lowest BCUT2D eigenvalue weighted by Gasteiger charge is -2.22. The van der Waals surface area contributed by atoms with Crippen molar-refractivity contribution in [2.24, 2.45) is 11.7 Å². The van der Waals surface area contributed by atoms with Gasteiger partial charge in [-0.05, 0) is 18.4 Å². The number of carbonyl (C=O) groups is 4. The van der Waals surface area contributed by atoms with Crippen LogP contribution in [0.1, 0.15) is 32.3 Å². The molecule has 0 aliphatic rings.